The summed E-state index contributed by atoms with van der Waals surface area (Å²) >= 11 is 6.20. The Morgan fingerprint density at radius 3 is 2.37 bits per heavy atom. The molecule has 0 aliphatic heterocycles. The summed E-state index contributed by atoms with van der Waals surface area (Å²) in [6.07, 6.45) is 0. The van der Waals surface area contributed by atoms with Crippen LogP contribution in [0.15, 0.2) is 59.1 Å². The second-order valence-electron chi connectivity index (χ2n) is 4.12. The third-order valence-corrected chi connectivity index (χ3v) is 3.24. The number of hydrogen-bond donors (Lipinski definition) is 1. The van der Waals surface area contributed by atoms with Gasteiger partial charge in [-0.25, -0.2) is 0 Å². The van der Waals surface area contributed by atoms with Gasteiger partial charge in [0.15, 0.2) is 0 Å². The number of benzene rings is 2. The number of anilines is 1. The first-order valence-electron chi connectivity index (χ1n) is 5.83. The molecule has 3 nitrogen and oxygen atoms in total. The number of halogens is 1. The highest BCUT2D eigenvalue weighted by Gasteiger charge is 2.18. The van der Waals surface area contributed by atoms with Crippen molar-refractivity contribution >= 4 is 17.5 Å². The van der Waals surface area contributed by atoms with E-state index in [9.17, 15) is 0 Å². The van der Waals surface area contributed by atoms with Crippen LogP contribution in [0.25, 0.3) is 22.4 Å². The zero-order valence-electron chi connectivity index (χ0n) is 10.0. The van der Waals surface area contributed by atoms with Gasteiger partial charge in [0.1, 0.15) is 5.69 Å². The van der Waals surface area contributed by atoms with Crippen LogP contribution in [0.3, 0.4) is 0 Å². The lowest BCUT2D eigenvalue weighted by Crippen LogP contribution is -1.88. The van der Waals surface area contributed by atoms with Gasteiger partial charge in [0, 0.05) is 5.56 Å². The Kier molecular flexibility index (Phi) is 2.97. The monoisotopic (exact) mass is 270 g/mol. The molecule has 1 aromatic heterocycles. The normalized spacial score (nSPS) is 10.6. The Labute approximate surface area is 115 Å². The molecule has 0 spiro atoms. The van der Waals surface area contributed by atoms with Crippen LogP contribution in [0.4, 0.5) is 5.88 Å². The molecule has 2 N–H and O–H groups in total. The van der Waals surface area contributed by atoms with Crippen molar-refractivity contribution in [1.82, 2.24) is 5.16 Å². The SMILES string of the molecule is Nc1onc(-c2ccccc2Cl)c1-c1ccccc1. The average Bonchev–Trinajstić information content (AvgIpc) is 2.82. The Hall–Kier alpha value is -2.26. The highest BCUT2D eigenvalue weighted by atomic mass is 35.5. The van der Waals surface area contributed by atoms with Gasteiger partial charge >= 0.3 is 0 Å². The summed E-state index contributed by atoms with van der Waals surface area (Å²) in [5, 5.41) is 4.66. The van der Waals surface area contributed by atoms with E-state index in [1.54, 1.807) is 0 Å². The average molecular weight is 271 g/mol. The van der Waals surface area contributed by atoms with E-state index in [2.05, 4.69) is 5.16 Å². The number of rotatable bonds is 2. The van der Waals surface area contributed by atoms with Crippen LogP contribution in [0.1, 0.15) is 0 Å². The van der Waals surface area contributed by atoms with Gasteiger partial charge in [0.25, 0.3) is 0 Å². The summed E-state index contributed by atoms with van der Waals surface area (Å²) in [7, 11) is 0. The third kappa shape index (κ3) is 2.09. The quantitative estimate of drug-likeness (QED) is 0.757. The molecule has 0 bridgehead atoms. The highest BCUT2D eigenvalue weighted by Crippen LogP contribution is 2.38. The van der Waals surface area contributed by atoms with Crippen molar-refractivity contribution in [2.75, 3.05) is 5.73 Å². The first-order valence-corrected chi connectivity index (χ1v) is 6.20. The molecular formula is C15H11ClN2O. The zero-order chi connectivity index (χ0) is 13.2. The topological polar surface area (TPSA) is 52.0 Å². The first-order chi connectivity index (χ1) is 9.27. The highest BCUT2D eigenvalue weighted by molar-refractivity contribution is 6.33. The molecule has 4 heteroatoms. The minimum atomic E-state index is 0.293. The second-order valence-corrected chi connectivity index (χ2v) is 4.52. The van der Waals surface area contributed by atoms with Crippen LogP contribution in [0.2, 0.25) is 5.02 Å². The van der Waals surface area contributed by atoms with E-state index in [4.69, 9.17) is 21.9 Å². The largest absolute Gasteiger partial charge is 0.367 e. The molecule has 0 radical (unpaired) electrons. The molecule has 0 saturated heterocycles. The van der Waals surface area contributed by atoms with Crippen LogP contribution in [-0.4, -0.2) is 5.16 Å². The summed E-state index contributed by atoms with van der Waals surface area (Å²) in [5.74, 6) is 0.293. The molecule has 0 amide bonds. The summed E-state index contributed by atoms with van der Waals surface area (Å²) in [6.45, 7) is 0. The van der Waals surface area contributed by atoms with Crippen LogP contribution in [-0.2, 0) is 0 Å². The maximum atomic E-state index is 6.20. The van der Waals surface area contributed by atoms with Crippen molar-refractivity contribution in [3.8, 4) is 22.4 Å². The van der Waals surface area contributed by atoms with Crippen molar-refractivity contribution in [1.29, 1.82) is 0 Å². The Morgan fingerprint density at radius 1 is 0.947 bits per heavy atom. The van der Waals surface area contributed by atoms with E-state index in [-0.39, 0.29) is 0 Å². The van der Waals surface area contributed by atoms with Crippen molar-refractivity contribution in [3.63, 3.8) is 0 Å². The van der Waals surface area contributed by atoms with Gasteiger partial charge < -0.3 is 10.3 Å². The predicted molar refractivity (Wildman–Crippen MR) is 76.8 cm³/mol. The summed E-state index contributed by atoms with van der Waals surface area (Å²) in [4.78, 5) is 0. The molecule has 2 aromatic carbocycles. The van der Waals surface area contributed by atoms with E-state index < -0.39 is 0 Å². The van der Waals surface area contributed by atoms with Gasteiger partial charge in [-0.05, 0) is 11.6 Å². The van der Waals surface area contributed by atoms with E-state index in [1.165, 1.54) is 0 Å². The Balaban J connectivity index is 2.23. The lowest BCUT2D eigenvalue weighted by atomic mass is 10.0. The molecule has 0 unspecified atom stereocenters. The summed E-state index contributed by atoms with van der Waals surface area (Å²) < 4.78 is 5.13. The molecular weight excluding hydrogens is 260 g/mol. The molecule has 0 atom stereocenters. The first kappa shape index (κ1) is 11.8. The molecule has 1 heterocycles. The smallest absolute Gasteiger partial charge is 0.230 e. The second kappa shape index (κ2) is 4.78. The molecule has 0 saturated carbocycles. The van der Waals surface area contributed by atoms with E-state index in [1.807, 2.05) is 54.6 Å². The van der Waals surface area contributed by atoms with Crippen LogP contribution in [0.5, 0.6) is 0 Å². The number of hydrogen-bond acceptors (Lipinski definition) is 3. The maximum Gasteiger partial charge on any atom is 0.230 e. The fraction of sp³-hybridized carbons (Fsp3) is 0. The van der Waals surface area contributed by atoms with Gasteiger partial charge in [0.05, 0.1) is 10.6 Å². The maximum absolute atomic E-state index is 6.20. The van der Waals surface area contributed by atoms with E-state index in [0.717, 1.165) is 16.7 Å². The van der Waals surface area contributed by atoms with Crippen LogP contribution in [0, 0.1) is 0 Å². The number of nitrogens with two attached hydrogens (primary N) is 1. The van der Waals surface area contributed by atoms with Gasteiger partial charge in [-0.1, -0.05) is 65.3 Å². The van der Waals surface area contributed by atoms with Crippen molar-refractivity contribution in [3.05, 3.63) is 59.6 Å². The van der Waals surface area contributed by atoms with Gasteiger partial charge in [-0.2, -0.15) is 0 Å². The third-order valence-electron chi connectivity index (χ3n) is 2.91. The van der Waals surface area contributed by atoms with Crippen molar-refractivity contribution in [2.24, 2.45) is 0 Å². The minimum absolute atomic E-state index is 0.293. The van der Waals surface area contributed by atoms with Crippen LogP contribution < -0.4 is 5.73 Å². The van der Waals surface area contributed by atoms with Gasteiger partial charge in [0.2, 0.25) is 5.88 Å². The van der Waals surface area contributed by atoms with E-state index in [0.29, 0.717) is 16.6 Å². The molecule has 0 aliphatic carbocycles. The fourth-order valence-corrected chi connectivity index (χ4v) is 2.25. The standard InChI is InChI=1S/C15H11ClN2O/c16-12-9-5-4-8-11(12)14-13(15(17)19-18-14)10-6-2-1-3-7-10/h1-9H,17H2. The zero-order valence-corrected chi connectivity index (χ0v) is 10.8. The van der Waals surface area contributed by atoms with E-state index >= 15 is 0 Å². The van der Waals surface area contributed by atoms with Gasteiger partial charge in [-0.3, -0.25) is 0 Å². The molecule has 0 aliphatic rings. The minimum Gasteiger partial charge on any atom is -0.367 e. The molecule has 3 aromatic rings. The number of nitrogen functional groups attached to an aromatic ring is 1. The van der Waals surface area contributed by atoms with Gasteiger partial charge in [-0.15, -0.1) is 0 Å². The number of nitrogens with zero attached hydrogens (tertiary/aromatic N) is 1. The molecule has 3 rings (SSSR count). The van der Waals surface area contributed by atoms with Crippen LogP contribution >= 0.6 is 11.6 Å². The summed E-state index contributed by atoms with van der Waals surface area (Å²) in [5.41, 5.74) is 9.09. The molecule has 19 heavy (non-hydrogen) atoms. The molecule has 94 valence electrons. The lowest BCUT2D eigenvalue weighted by molar-refractivity contribution is 0.439. The Morgan fingerprint density at radius 2 is 1.63 bits per heavy atom. The fourth-order valence-electron chi connectivity index (χ4n) is 2.02. The molecule has 0 fully saturated rings. The predicted octanol–water partition coefficient (Wildman–Crippen LogP) is 4.24. The number of aromatic nitrogens is 1. The summed E-state index contributed by atoms with van der Waals surface area (Å²) in [6, 6.07) is 17.2. The Bertz CT molecular complexity index is 707. The van der Waals surface area contributed by atoms with Crippen molar-refractivity contribution < 1.29 is 4.52 Å². The lowest BCUT2D eigenvalue weighted by Gasteiger charge is -2.04. The van der Waals surface area contributed by atoms with Crippen molar-refractivity contribution in [2.45, 2.75) is 0 Å².